The number of rotatable bonds is 11. The first-order valence-electron chi connectivity index (χ1n) is 11.3. The molecule has 1 saturated heterocycles. The maximum Gasteiger partial charge on any atom is 0.326 e. The van der Waals surface area contributed by atoms with Crippen LogP contribution in [0.4, 0.5) is 0 Å². The lowest BCUT2D eigenvalue weighted by molar-refractivity contribution is -0.149. The summed E-state index contributed by atoms with van der Waals surface area (Å²) < 4.78 is 0. The van der Waals surface area contributed by atoms with Gasteiger partial charge in [-0.15, -0.1) is 0 Å². The topological polar surface area (TPSA) is 171 Å². The third-order valence-corrected chi connectivity index (χ3v) is 6.23. The first-order chi connectivity index (χ1) is 16.8. The van der Waals surface area contributed by atoms with Crippen molar-refractivity contribution in [1.82, 2.24) is 25.5 Å². The van der Waals surface area contributed by atoms with E-state index in [9.17, 15) is 24.3 Å². The van der Waals surface area contributed by atoms with Gasteiger partial charge in [0, 0.05) is 37.0 Å². The van der Waals surface area contributed by atoms with E-state index in [2.05, 4.69) is 33.2 Å². The van der Waals surface area contributed by atoms with E-state index in [4.69, 9.17) is 5.73 Å². The molecule has 3 rings (SSSR count). The molecule has 2 aromatic rings. The number of nitrogens with zero attached hydrogens (tertiary/aromatic N) is 2. The summed E-state index contributed by atoms with van der Waals surface area (Å²) in [5.74, 6) is -2.74. The van der Waals surface area contributed by atoms with E-state index in [1.165, 1.54) is 11.2 Å². The van der Waals surface area contributed by atoms with Gasteiger partial charge in [0.05, 0.1) is 12.4 Å². The van der Waals surface area contributed by atoms with Gasteiger partial charge in [-0.1, -0.05) is 30.3 Å². The third-order valence-electron chi connectivity index (χ3n) is 5.87. The zero-order chi connectivity index (χ0) is 25.4. The number of H-pyrrole nitrogens is 1. The number of amides is 3. The summed E-state index contributed by atoms with van der Waals surface area (Å²) in [7, 11) is 0. The average molecular weight is 503 g/mol. The number of aromatic nitrogens is 2. The van der Waals surface area contributed by atoms with Crippen LogP contribution in [0.2, 0.25) is 0 Å². The molecule has 1 fully saturated rings. The van der Waals surface area contributed by atoms with E-state index in [0.717, 1.165) is 5.56 Å². The number of imidazole rings is 1. The molecule has 12 heteroatoms. The zero-order valence-electron chi connectivity index (χ0n) is 19.1. The van der Waals surface area contributed by atoms with Crippen LogP contribution in [0.1, 0.15) is 24.1 Å². The number of hydrogen-bond acceptors (Lipinski definition) is 7. The molecule has 1 aromatic carbocycles. The molecule has 1 aliphatic rings. The minimum atomic E-state index is -1.08. The monoisotopic (exact) mass is 502 g/mol. The minimum absolute atomic E-state index is 0.0257. The number of thiol groups is 1. The number of carbonyl (C=O) groups excluding carboxylic acids is 3. The Bertz CT molecular complexity index is 1020. The van der Waals surface area contributed by atoms with Gasteiger partial charge >= 0.3 is 5.97 Å². The zero-order valence-corrected chi connectivity index (χ0v) is 20.0. The molecule has 0 saturated carbocycles. The number of carbonyl (C=O) groups is 4. The molecule has 3 amide bonds. The van der Waals surface area contributed by atoms with Crippen molar-refractivity contribution in [3.8, 4) is 0 Å². The van der Waals surface area contributed by atoms with Gasteiger partial charge in [-0.25, -0.2) is 9.78 Å². The quantitative estimate of drug-likeness (QED) is 0.225. The number of aromatic amines is 1. The Morgan fingerprint density at radius 3 is 2.49 bits per heavy atom. The van der Waals surface area contributed by atoms with E-state index in [1.807, 2.05) is 30.3 Å². The first kappa shape index (κ1) is 26.2. The third kappa shape index (κ3) is 7.06. The summed E-state index contributed by atoms with van der Waals surface area (Å²) in [6, 6.07) is 5.18. The molecule has 0 radical (unpaired) electrons. The Morgan fingerprint density at radius 1 is 1.14 bits per heavy atom. The highest BCUT2D eigenvalue weighted by atomic mass is 32.1. The van der Waals surface area contributed by atoms with Crippen LogP contribution in [0, 0.1) is 0 Å². The van der Waals surface area contributed by atoms with Crippen LogP contribution in [0.15, 0.2) is 42.9 Å². The summed E-state index contributed by atoms with van der Waals surface area (Å²) in [5, 5.41) is 14.8. The fourth-order valence-corrected chi connectivity index (χ4v) is 4.27. The van der Waals surface area contributed by atoms with Crippen LogP contribution in [0.5, 0.6) is 0 Å². The number of aliphatic carboxylic acids is 1. The lowest BCUT2D eigenvalue weighted by Gasteiger charge is -2.29. The van der Waals surface area contributed by atoms with E-state index in [0.29, 0.717) is 25.1 Å². The Hall–Kier alpha value is -3.38. The molecular formula is C23H30N6O5S. The number of nitrogens with two attached hydrogens (primary N) is 1. The predicted molar refractivity (Wildman–Crippen MR) is 130 cm³/mol. The van der Waals surface area contributed by atoms with Gasteiger partial charge in [0.2, 0.25) is 17.7 Å². The molecule has 0 bridgehead atoms. The maximum atomic E-state index is 13.3. The fraction of sp³-hybridized carbons (Fsp3) is 0.435. The summed E-state index contributed by atoms with van der Waals surface area (Å²) in [6.45, 7) is 0.298. The maximum absolute atomic E-state index is 13.3. The predicted octanol–water partition coefficient (Wildman–Crippen LogP) is -0.503. The number of nitrogens with one attached hydrogen (secondary N) is 3. The molecule has 4 atom stereocenters. The molecule has 0 aliphatic carbocycles. The molecule has 6 N–H and O–H groups in total. The van der Waals surface area contributed by atoms with Crippen LogP contribution < -0.4 is 16.4 Å². The van der Waals surface area contributed by atoms with Crippen molar-refractivity contribution in [2.24, 2.45) is 5.73 Å². The van der Waals surface area contributed by atoms with Gasteiger partial charge in [-0.2, -0.15) is 12.6 Å². The summed E-state index contributed by atoms with van der Waals surface area (Å²) in [5.41, 5.74) is 7.43. The Balaban J connectivity index is 1.70. The fourth-order valence-electron chi connectivity index (χ4n) is 4.01. The second-order valence-electron chi connectivity index (χ2n) is 8.41. The van der Waals surface area contributed by atoms with Crippen molar-refractivity contribution >= 4 is 36.3 Å². The molecule has 35 heavy (non-hydrogen) atoms. The van der Waals surface area contributed by atoms with Gasteiger partial charge in [-0.3, -0.25) is 14.4 Å². The van der Waals surface area contributed by atoms with E-state index in [-0.39, 0.29) is 18.6 Å². The van der Waals surface area contributed by atoms with E-state index in [1.54, 1.807) is 6.20 Å². The number of carboxylic acid groups (broad SMARTS) is 1. The normalized spacial score (nSPS) is 17.9. The van der Waals surface area contributed by atoms with E-state index < -0.39 is 47.9 Å². The smallest absolute Gasteiger partial charge is 0.326 e. The van der Waals surface area contributed by atoms with Crippen LogP contribution in [0.25, 0.3) is 0 Å². The first-order valence-corrected chi connectivity index (χ1v) is 11.9. The number of benzene rings is 1. The van der Waals surface area contributed by atoms with Gasteiger partial charge in [0.15, 0.2) is 0 Å². The second kappa shape index (κ2) is 12.4. The lowest BCUT2D eigenvalue weighted by atomic mass is 10.0. The second-order valence-corrected chi connectivity index (χ2v) is 8.78. The number of carboxylic acids is 1. The van der Waals surface area contributed by atoms with Crippen molar-refractivity contribution in [3.05, 3.63) is 54.1 Å². The average Bonchev–Trinajstić information content (AvgIpc) is 3.54. The number of likely N-dealkylation sites (tertiary alicyclic amines) is 1. The molecule has 0 spiro atoms. The van der Waals surface area contributed by atoms with Crippen LogP contribution in [-0.2, 0) is 32.0 Å². The molecule has 188 valence electrons. The standard InChI is InChI=1S/C23H30N6O5S/c24-16(10-15-11-25-13-26-15)20(30)28-18(12-35)21(31)27-17(9-14-5-2-1-3-6-14)22(32)29-8-4-7-19(29)23(33)34/h1-3,5-6,11,13,16-19,35H,4,7-10,12,24H2,(H,25,26)(H,27,31)(H,28,30)(H,33,34). The van der Waals surface area contributed by atoms with Crippen LogP contribution >= 0.6 is 12.6 Å². The molecule has 1 aromatic heterocycles. The van der Waals surface area contributed by atoms with Crippen molar-refractivity contribution < 1.29 is 24.3 Å². The molecule has 1 aliphatic heterocycles. The van der Waals surface area contributed by atoms with Crippen LogP contribution in [-0.4, -0.2) is 80.1 Å². The molecule has 11 nitrogen and oxygen atoms in total. The van der Waals surface area contributed by atoms with Gasteiger partial charge in [0.1, 0.15) is 18.1 Å². The summed E-state index contributed by atoms with van der Waals surface area (Å²) >= 11 is 4.18. The SMILES string of the molecule is NC(Cc1cnc[nH]1)C(=O)NC(CS)C(=O)NC(Cc1ccccc1)C(=O)N1CCCC1C(=O)O. The number of hydrogen-bond donors (Lipinski definition) is 6. The summed E-state index contributed by atoms with van der Waals surface area (Å²) in [6.07, 6.45) is 4.32. The van der Waals surface area contributed by atoms with Crippen molar-refractivity contribution in [3.63, 3.8) is 0 Å². The Labute approximate surface area is 208 Å². The van der Waals surface area contributed by atoms with Gasteiger partial charge in [0.25, 0.3) is 0 Å². The Morgan fingerprint density at radius 2 is 1.86 bits per heavy atom. The van der Waals surface area contributed by atoms with Gasteiger partial charge < -0.3 is 31.4 Å². The Kier molecular flexibility index (Phi) is 9.26. The largest absolute Gasteiger partial charge is 0.480 e. The highest BCUT2D eigenvalue weighted by Crippen LogP contribution is 2.19. The van der Waals surface area contributed by atoms with Crippen molar-refractivity contribution in [2.75, 3.05) is 12.3 Å². The molecule has 4 unspecified atom stereocenters. The van der Waals surface area contributed by atoms with Crippen molar-refractivity contribution in [1.29, 1.82) is 0 Å². The van der Waals surface area contributed by atoms with Crippen LogP contribution in [0.3, 0.4) is 0 Å². The summed E-state index contributed by atoms with van der Waals surface area (Å²) in [4.78, 5) is 58.6. The van der Waals surface area contributed by atoms with Crippen molar-refractivity contribution in [2.45, 2.75) is 49.9 Å². The highest BCUT2D eigenvalue weighted by Gasteiger charge is 2.38. The molecular weight excluding hydrogens is 472 g/mol. The highest BCUT2D eigenvalue weighted by molar-refractivity contribution is 7.80. The minimum Gasteiger partial charge on any atom is -0.480 e. The molecule has 2 heterocycles. The lowest BCUT2D eigenvalue weighted by Crippen LogP contribution is -2.58. The van der Waals surface area contributed by atoms with Gasteiger partial charge in [-0.05, 0) is 18.4 Å². The van der Waals surface area contributed by atoms with E-state index >= 15 is 0 Å².